The zero-order chi connectivity index (χ0) is 18.3. The number of nitrogens with zero attached hydrogens (tertiary/aromatic N) is 3. The van der Waals surface area contributed by atoms with Gasteiger partial charge < -0.3 is 14.0 Å². The number of hydrogen-bond donors (Lipinski definition) is 0. The number of hydrogen-bond acceptors (Lipinski definition) is 6. The summed E-state index contributed by atoms with van der Waals surface area (Å²) in [6.45, 7) is 0.215. The summed E-state index contributed by atoms with van der Waals surface area (Å²) in [6, 6.07) is 6.66. The van der Waals surface area contributed by atoms with Gasteiger partial charge in [-0.3, -0.25) is 14.0 Å². The molecule has 0 saturated carbocycles. The van der Waals surface area contributed by atoms with Crippen LogP contribution in [0.4, 0.5) is 0 Å². The first-order valence-electron chi connectivity index (χ1n) is 7.82. The maximum atomic E-state index is 12.9. The lowest BCUT2D eigenvalue weighted by atomic mass is 10.1. The highest BCUT2D eigenvalue weighted by molar-refractivity contribution is 7.15. The largest absolute Gasteiger partial charge is 0.493 e. The van der Waals surface area contributed by atoms with Crippen molar-refractivity contribution in [3.05, 3.63) is 68.4 Å². The fourth-order valence-corrected chi connectivity index (χ4v) is 3.70. The molecule has 0 saturated heterocycles. The molecule has 4 aromatic rings. The first-order valence-corrected chi connectivity index (χ1v) is 8.70. The van der Waals surface area contributed by atoms with E-state index in [1.165, 1.54) is 33.5 Å². The summed E-state index contributed by atoms with van der Waals surface area (Å²) in [6.07, 6.45) is 3.35. The van der Waals surface area contributed by atoms with E-state index in [0.29, 0.717) is 32.9 Å². The highest BCUT2D eigenvalue weighted by Crippen LogP contribution is 2.33. The van der Waals surface area contributed by atoms with Gasteiger partial charge in [0.1, 0.15) is 0 Å². The van der Waals surface area contributed by atoms with Crippen LogP contribution < -0.4 is 20.6 Å². The minimum Gasteiger partial charge on any atom is -0.493 e. The third-order valence-electron chi connectivity index (χ3n) is 4.18. The predicted octanol–water partition coefficient (Wildman–Crippen LogP) is 2.14. The molecule has 0 aliphatic rings. The standard InChI is InChI=1S/C18H15N3O4S/c1-24-14-4-3-13-12(16(14)25-2)5-6-20(17(13)23)10-11-9-15(22)21-7-8-26-18(21)19-11/h3-9H,10H2,1-2H3. The highest BCUT2D eigenvalue weighted by Gasteiger charge is 2.13. The van der Waals surface area contributed by atoms with Gasteiger partial charge in [-0.05, 0) is 18.2 Å². The molecular weight excluding hydrogens is 354 g/mol. The molecule has 3 aromatic heterocycles. The average Bonchev–Trinajstić information content (AvgIpc) is 3.12. The van der Waals surface area contributed by atoms with Crippen molar-refractivity contribution in [3.8, 4) is 11.5 Å². The molecule has 0 aliphatic heterocycles. The number of aromatic nitrogens is 3. The van der Waals surface area contributed by atoms with Gasteiger partial charge in [0.15, 0.2) is 16.5 Å². The van der Waals surface area contributed by atoms with Crippen LogP contribution in [-0.2, 0) is 6.54 Å². The van der Waals surface area contributed by atoms with E-state index in [-0.39, 0.29) is 17.7 Å². The lowest BCUT2D eigenvalue weighted by molar-refractivity contribution is 0.358. The molecule has 0 bridgehead atoms. The average molecular weight is 369 g/mol. The highest BCUT2D eigenvalue weighted by atomic mass is 32.1. The van der Waals surface area contributed by atoms with Crippen LogP contribution in [0.15, 0.2) is 51.6 Å². The van der Waals surface area contributed by atoms with E-state index in [9.17, 15) is 9.59 Å². The Labute approximate surface area is 151 Å². The minimum atomic E-state index is -0.184. The van der Waals surface area contributed by atoms with Crippen LogP contribution in [0.2, 0.25) is 0 Å². The SMILES string of the molecule is COc1ccc2c(=O)n(Cc3cc(=O)n4ccsc4n3)ccc2c1OC. The number of benzene rings is 1. The van der Waals surface area contributed by atoms with Crippen LogP contribution in [0, 0.1) is 0 Å². The van der Waals surface area contributed by atoms with E-state index >= 15 is 0 Å². The molecular formula is C18H15N3O4S. The van der Waals surface area contributed by atoms with Crippen LogP contribution in [0.3, 0.4) is 0 Å². The molecule has 4 rings (SSSR count). The molecule has 132 valence electrons. The second-order valence-electron chi connectivity index (χ2n) is 5.65. The van der Waals surface area contributed by atoms with Gasteiger partial charge in [-0.2, -0.15) is 0 Å². The lowest BCUT2D eigenvalue weighted by Gasteiger charge is -2.12. The predicted molar refractivity (Wildman–Crippen MR) is 99.8 cm³/mol. The van der Waals surface area contributed by atoms with Crippen molar-refractivity contribution in [1.82, 2.24) is 14.0 Å². The first-order chi connectivity index (χ1) is 12.6. The maximum Gasteiger partial charge on any atom is 0.258 e. The molecule has 0 atom stereocenters. The normalized spacial score (nSPS) is 11.2. The van der Waals surface area contributed by atoms with Crippen molar-refractivity contribution in [2.45, 2.75) is 6.54 Å². The summed E-state index contributed by atoms with van der Waals surface area (Å²) in [4.78, 5) is 30.0. The Hall–Kier alpha value is -3.13. The second kappa shape index (κ2) is 6.30. The van der Waals surface area contributed by atoms with Gasteiger partial charge in [0.05, 0.1) is 31.8 Å². The maximum absolute atomic E-state index is 12.9. The Morgan fingerprint density at radius 1 is 1.08 bits per heavy atom. The molecule has 0 aliphatic carbocycles. The molecule has 8 heteroatoms. The minimum absolute atomic E-state index is 0.161. The third kappa shape index (κ3) is 2.55. The Morgan fingerprint density at radius 3 is 2.69 bits per heavy atom. The summed E-state index contributed by atoms with van der Waals surface area (Å²) in [7, 11) is 3.09. The lowest BCUT2D eigenvalue weighted by Crippen LogP contribution is -2.22. The van der Waals surface area contributed by atoms with Crippen molar-refractivity contribution in [1.29, 1.82) is 0 Å². The van der Waals surface area contributed by atoms with Gasteiger partial charge in [0.2, 0.25) is 0 Å². The summed E-state index contributed by atoms with van der Waals surface area (Å²) in [5.41, 5.74) is 0.197. The number of pyridine rings is 1. The smallest absolute Gasteiger partial charge is 0.258 e. The van der Waals surface area contributed by atoms with E-state index in [1.807, 2.05) is 0 Å². The molecule has 0 fully saturated rings. The van der Waals surface area contributed by atoms with E-state index < -0.39 is 0 Å². The van der Waals surface area contributed by atoms with Gasteiger partial charge in [0, 0.05) is 29.2 Å². The van der Waals surface area contributed by atoms with Crippen LogP contribution in [0.1, 0.15) is 5.69 Å². The fourth-order valence-electron chi connectivity index (χ4n) is 2.96. The Morgan fingerprint density at radius 2 is 1.92 bits per heavy atom. The molecule has 0 amide bonds. The van der Waals surface area contributed by atoms with Gasteiger partial charge >= 0.3 is 0 Å². The molecule has 1 aromatic carbocycles. The zero-order valence-corrected chi connectivity index (χ0v) is 14.9. The second-order valence-corrected chi connectivity index (χ2v) is 6.53. The Bertz CT molecular complexity index is 1240. The van der Waals surface area contributed by atoms with Crippen LogP contribution in [0.25, 0.3) is 15.7 Å². The molecule has 3 heterocycles. The molecule has 0 unspecified atom stereocenters. The van der Waals surface area contributed by atoms with Crippen molar-refractivity contribution in [2.75, 3.05) is 14.2 Å². The topological polar surface area (TPSA) is 74.8 Å². The van der Waals surface area contributed by atoms with E-state index in [4.69, 9.17) is 9.47 Å². The van der Waals surface area contributed by atoms with Crippen LogP contribution >= 0.6 is 11.3 Å². The van der Waals surface area contributed by atoms with E-state index in [0.717, 1.165) is 0 Å². The molecule has 26 heavy (non-hydrogen) atoms. The van der Waals surface area contributed by atoms with Gasteiger partial charge in [0.25, 0.3) is 11.1 Å². The quantitative estimate of drug-likeness (QED) is 0.551. The fraction of sp³-hybridized carbons (Fsp3) is 0.167. The molecule has 7 nitrogen and oxygen atoms in total. The van der Waals surface area contributed by atoms with Crippen molar-refractivity contribution >= 4 is 27.1 Å². The van der Waals surface area contributed by atoms with Crippen LogP contribution in [0.5, 0.6) is 11.5 Å². The van der Waals surface area contributed by atoms with E-state index in [2.05, 4.69) is 4.98 Å². The van der Waals surface area contributed by atoms with Crippen molar-refractivity contribution < 1.29 is 9.47 Å². The third-order valence-corrected chi connectivity index (χ3v) is 4.94. The van der Waals surface area contributed by atoms with E-state index in [1.54, 1.807) is 43.1 Å². The molecule has 0 radical (unpaired) electrons. The van der Waals surface area contributed by atoms with Gasteiger partial charge in [-0.15, -0.1) is 11.3 Å². The Balaban J connectivity index is 1.83. The Kier molecular flexibility index (Phi) is 3.96. The van der Waals surface area contributed by atoms with Crippen molar-refractivity contribution in [2.24, 2.45) is 0 Å². The van der Waals surface area contributed by atoms with Gasteiger partial charge in [-0.1, -0.05) is 0 Å². The van der Waals surface area contributed by atoms with Gasteiger partial charge in [-0.25, -0.2) is 4.98 Å². The summed E-state index contributed by atoms with van der Waals surface area (Å²) in [5, 5.41) is 2.99. The summed E-state index contributed by atoms with van der Waals surface area (Å²) >= 11 is 1.38. The number of fused-ring (bicyclic) bond motifs is 2. The monoisotopic (exact) mass is 369 g/mol. The number of thiazole rings is 1. The summed E-state index contributed by atoms with van der Waals surface area (Å²) < 4.78 is 13.7. The molecule has 0 N–H and O–H groups in total. The van der Waals surface area contributed by atoms with Crippen LogP contribution in [-0.4, -0.2) is 28.2 Å². The number of rotatable bonds is 4. The van der Waals surface area contributed by atoms with Crippen molar-refractivity contribution in [3.63, 3.8) is 0 Å². The number of ether oxygens (including phenoxy) is 2. The number of methoxy groups -OCH3 is 2. The zero-order valence-electron chi connectivity index (χ0n) is 14.1. The summed E-state index contributed by atoms with van der Waals surface area (Å²) in [5.74, 6) is 1.08. The first kappa shape index (κ1) is 16.3. The molecule has 0 spiro atoms.